The third-order valence-electron chi connectivity index (χ3n) is 13.6. The molecule has 376 valence electrons. The van der Waals surface area contributed by atoms with E-state index >= 15 is 0 Å². The maximum atomic E-state index is 11.5. The van der Waals surface area contributed by atoms with E-state index in [9.17, 15) is 30.3 Å². The highest BCUT2D eigenvalue weighted by atomic mass is 79.9. The van der Waals surface area contributed by atoms with Crippen LogP contribution in [-0.2, 0) is 0 Å². The zero-order valence-corrected chi connectivity index (χ0v) is 43.9. The van der Waals surface area contributed by atoms with Crippen molar-refractivity contribution in [3.8, 4) is 44.8 Å². The van der Waals surface area contributed by atoms with E-state index in [0.29, 0.717) is 27.5 Å². The highest BCUT2D eigenvalue weighted by molar-refractivity contribution is 9.10. The van der Waals surface area contributed by atoms with E-state index in [0.717, 1.165) is 94.0 Å². The molecule has 14 nitrogen and oxygen atoms in total. The Morgan fingerprint density at radius 2 is 0.821 bits per heavy atom. The molecule has 10 aromatic carbocycles. The second-order valence-electron chi connectivity index (χ2n) is 18.0. The minimum absolute atomic E-state index is 0.00745. The molecule has 0 aliphatic rings. The second-order valence-corrected chi connectivity index (χ2v) is 20.0. The van der Waals surface area contributed by atoms with E-state index < -0.39 is 17.0 Å². The molecule has 4 aromatic heterocycles. The molecule has 0 aliphatic carbocycles. The number of fused-ring (bicyclic) bond motifs is 8. The Balaban J connectivity index is 0.000000130. The van der Waals surface area contributed by atoms with Crippen LogP contribution in [0.25, 0.3) is 110 Å². The van der Waals surface area contributed by atoms with Gasteiger partial charge in [0.1, 0.15) is 11.0 Å². The van der Waals surface area contributed by atoms with Gasteiger partial charge in [-0.1, -0.05) is 140 Å². The fraction of sp³-hybridized carbons (Fsp3) is 0. The zero-order chi connectivity index (χ0) is 53.4. The van der Waals surface area contributed by atoms with Crippen molar-refractivity contribution in [3.05, 3.63) is 243 Å². The number of benzene rings is 10. The van der Waals surface area contributed by atoms with Crippen molar-refractivity contribution in [2.75, 3.05) is 0 Å². The molecule has 0 unspecified atom stereocenters. The molecule has 0 saturated heterocycles. The van der Waals surface area contributed by atoms with Gasteiger partial charge in [-0.15, -0.1) is 0 Å². The van der Waals surface area contributed by atoms with Gasteiger partial charge in [-0.3, -0.25) is 20.2 Å². The molecular weight excluding hydrogens is 1080 g/mol. The predicted molar refractivity (Wildman–Crippen MR) is 317 cm³/mol. The smallest absolute Gasteiger partial charge is 0.423 e. The number of halogens is 1. The van der Waals surface area contributed by atoms with Gasteiger partial charge >= 0.3 is 7.12 Å². The first-order valence-electron chi connectivity index (χ1n) is 24.3. The van der Waals surface area contributed by atoms with Crippen molar-refractivity contribution in [1.29, 1.82) is 0 Å². The lowest BCUT2D eigenvalue weighted by Gasteiger charge is -2.10. The van der Waals surface area contributed by atoms with Gasteiger partial charge in [-0.05, 0) is 116 Å². The number of rotatable bonds is 8. The van der Waals surface area contributed by atoms with E-state index in [2.05, 4.69) is 164 Å². The first-order valence-corrected chi connectivity index (χ1v) is 26.6. The van der Waals surface area contributed by atoms with E-state index in [1.165, 1.54) is 34.4 Å². The van der Waals surface area contributed by atoms with Crippen LogP contribution in [-0.4, -0.2) is 53.6 Å². The zero-order valence-electron chi connectivity index (χ0n) is 40.7. The van der Waals surface area contributed by atoms with Crippen molar-refractivity contribution in [2.45, 2.75) is 0 Å². The van der Waals surface area contributed by atoms with E-state index in [1.807, 2.05) is 66.7 Å². The lowest BCUT2D eigenvalue weighted by molar-refractivity contribution is -0.383. The molecule has 0 atom stereocenters. The van der Waals surface area contributed by atoms with Crippen LogP contribution in [0, 0.1) is 20.2 Å². The van der Waals surface area contributed by atoms with Gasteiger partial charge in [-0.25, -0.2) is 0 Å². The van der Waals surface area contributed by atoms with Gasteiger partial charge < -0.3 is 19.2 Å². The molecule has 0 fully saturated rings. The highest BCUT2D eigenvalue weighted by Crippen LogP contribution is 2.39. The fourth-order valence-electron chi connectivity index (χ4n) is 9.92. The van der Waals surface area contributed by atoms with Crippen LogP contribution >= 0.6 is 39.4 Å². The Morgan fingerprint density at radius 3 is 1.35 bits per heavy atom. The van der Waals surface area contributed by atoms with Crippen LogP contribution in [0.5, 0.6) is 0 Å². The summed E-state index contributed by atoms with van der Waals surface area (Å²) >= 11 is 5.20. The lowest BCUT2D eigenvalue weighted by atomic mass is 9.80. The van der Waals surface area contributed by atoms with Gasteiger partial charge in [0.25, 0.3) is 11.4 Å². The van der Waals surface area contributed by atoms with Crippen molar-refractivity contribution < 1.29 is 19.9 Å². The molecule has 4 heterocycles. The fourth-order valence-corrected chi connectivity index (χ4v) is 11.6. The number of non-ortho nitro benzene ring substituents is 2. The van der Waals surface area contributed by atoms with Gasteiger partial charge in [0.2, 0.25) is 0 Å². The number of nitro benzene ring substituents is 2. The molecule has 0 amide bonds. The Morgan fingerprint density at radius 1 is 0.410 bits per heavy atom. The number of aromatic nitrogens is 6. The number of nitrogens with zero attached hydrogens (tertiary/aromatic N) is 8. The molecule has 0 spiro atoms. The quantitative estimate of drug-likeness (QED) is 0.0842. The monoisotopic (exact) mass is 1120 g/mol. The van der Waals surface area contributed by atoms with Crippen molar-refractivity contribution in [3.63, 3.8) is 0 Å². The number of nitro groups is 2. The van der Waals surface area contributed by atoms with Gasteiger partial charge in [0.15, 0.2) is 11.0 Å². The van der Waals surface area contributed by atoms with E-state index in [1.54, 1.807) is 18.2 Å². The molecule has 2 N–H and O–H groups in total. The van der Waals surface area contributed by atoms with Gasteiger partial charge in [-0.2, -0.15) is 17.5 Å². The average molecular weight is 1120 g/mol. The first kappa shape index (κ1) is 49.6. The van der Waals surface area contributed by atoms with Crippen LogP contribution in [0.3, 0.4) is 0 Å². The van der Waals surface area contributed by atoms with E-state index in [-0.39, 0.29) is 11.4 Å². The largest absolute Gasteiger partial charge is 0.488 e. The normalized spacial score (nSPS) is 11.2. The minimum Gasteiger partial charge on any atom is -0.423 e. The Kier molecular flexibility index (Phi) is 13.4. The molecular formula is C60H38BBrN8O6S2. The number of hydrogen-bond donors (Lipinski definition) is 2. The summed E-state index contributed by atoms with van der Waals surface area (Å²) in [6, 6.07) is 72.6. The summed E-state index contributed by atoms with van der Waals surface area (Å²) < 4.78 is 21.6. The Bertz CT molecular complexity index is 4570. The number of hydrogen-bond acceptors (Lipinski definition) is 12. The highest BCUT2D eigenvalue weighted by Gasteiger charge is 2.22. The summed E-state index contributed by atoms with van der Waals surface area (Å²) in [7, 11) is -1.48. The van der Waals surface area contributed by atoms with E-state index in [4.69, 9.17) is 0 Å². The minimum atomic E-state index is -1.48. The van der Waals surface area contributed by atoms with Crippen LogP contribution in [0.2, 0.25) is 0 Å². The SMILES string of the molecule is O=[N+]([O-])c1ccc(-c2ccc3c(c2)c2ccccc2n3-c2ccc(-c3ccccc3)cc2)c2nsnc12.O=[N+]([O-])c1ccc(Br)c2nsnc12.OB(O)c1ccc2c(c1)c1ccccc1n2-c1ccc(-c2ccccc2)cc1. The van der Waals surface area contributed by atoms with Crippen molar-refractivity contribution in [1.82, 2.24) is 26.6 Å². The van der Waals surface area contributed by atoms with Gasteiger partial charge in [0.05, 0.1) is 55.4 Å². The third kappa shape index (κ3) is 9.22. The van der Waals surface area contributed by atoms with Crippen LogP contribution < -0.4 is 5.46 Å². The third-order valence-corrected chi connectivity index (χ3v) is 15.3. The van der Waals surface area contributed by atoms with Crippen molar-refractivity contribution >= 4 is 129 Å². The summed E-state index contributed by atoms with van der Waals surface area (Å²) in [4.78, 5) is 21.1. The molecule has 78 heavy (non-hydrogen) atoms. The molecule has 14 rings (SSSR count). The van der Waals surface area contributed by atoms with Gasteiger partial charge in [0, 0.05) is 55.1 Å². The summed E-state index contributed by atoms with van der Waals surface area (Å²) in [5.41, 5.74) is 15.2. The molecule has 0 bridgehead atoms. The van der Waals surface area contributed by atoms with Crippen molar-refractivity contribution in [2.24, 2.45) is 0 Å². The summed E-state index contributed by atoms with van der Waals surface area (Å²) in [6.07, 6.45) is 0. The Labute approximate surface area is 460 Å². The summed E-state index contributed by atoms with van der Waals surface area (Å²) in [5.74, 6) is 0. The van der Waals surface area contributed by atoms with Crippen LogP contribution in [0.15, 0.2) is 223 Å². The molecule has 14 aromatic rings. The Hall–Kier alpha value is -9.30. The first-order chi connectivity index (χ1) is 38.1. The summed E-state index contributed by atoms with van der Waals surface area (Å²) in [5, 5.41) is 45.5. The molecule has 0 aliphatic heterocycles. The molecule has 0 saturated carbocycles. The second kappa shape index (κ2) is 21.0. The number of para-hydroxylation sites is 2. The summed E-state index contributed by atoms with van der Waals surface area (Å²) in [6.45, 7) is 0. The maximum absolute atomic E-state index is 11.5. The topological polar surface area (TPSA) is 188 Å². The van der Waals surface area contributed by atoms with Crippen LogP contribution in [0.1, 0.15) is 0 Å². The predicted octanol–water partition coefficient (Wildman–Crippen LogP) is 14.5. The molecule has 18 heteroatoms. The maximum Gasteiger partial charge on any atom is 0.488 e. The standard InChI is InChI=1S/C30H18N4O2S.C24H18BNO2.C6H2BrN3O2S/c35-34(36)28-17-15-23(29-30(28)32-37-31-29)21-12-16-27-25(18-21)24-8-4-5-9-26(24)33(27)22-13-10-20(11-14-22)19-6-2-1-3-7-19;27-25(28)19-12-15-24-22(16-19)21-8-4-5-9-23(21)26(24)20-13-10-18(11-14-20)17-6-2-1-3-7-17;7-3-1-2-4(10(11)12)6-5(3)8-13-9-6/h1-18H;1-16,27-28H;1-2H. The average Bonchev–Trinajstić information content (AvgIpc) is 4.51. The lowest BCUT2D eigenvalue weighted by Crippen LogP contribution is -2.29. The molecule has 0 radical (unpaired) electrons. The van der Waals surface area contributed by atoms with Crippen LogP contribution in [0.4, 0.5) is 11.4 Å².